The summed E-state index contributed by atoms with van der Waals surface area (Å²) in [6.07, 6.45) is 1.48. The van der Waals surface area contributed by atoms with Gasteiger partial charge in [0, 0.05) is 13.1 Å². The highest BCUT2D eigenvalue weighted by Gasteiger charge is 2.15. The molecule has 5 nitrogen and oxygen atoms in total. The Labute approximate surface area is 128 Å². The predicted molar refractivity (Wildman–Crippen MR) is 83.9 cm³/mol. The molecule has 0 spiro atoms. The molecule has 0 saturated carbocycles. The normalized spacial score (nSPS) is 11.0. The van der Waals surface area contributed by atoms with Gasteiger partial charge in [-0.1, -0.05) is 6.07 Å². The number of ether oxygens (including phenoxy) is 1. The molecule has 0 bridgehead atoms. The van der Waals surface area contributed by atoms with E-state index in [0.29, 0.717) is 6.54 Å². The molecule has 0 aromatic carbocycles. The monoisotopic (exact) mass is 343 g/mol. The number of carbonyl (C=O) groups excluding carboxylic acids is 1. The number of unbranched alkanes of at least 4 members (excludes halogenated alkanes) is 1. The second-order valence-corrected chi connectivity index (χ2v) is 6.22. The fourth-order valence-electron chi connectivity index (χ4n) is 1.48. The van der Waals surface area contributed by atoms with E-state index in [1.165, 1.54) is 0 Å². The molecular formula is C14H22BrN3O2. The van der Waals surface area contributed by atoms with Crippen LogP contribution in [-0.2, 0) is 4.74 Å². The molecule has 0 aliphatic heterocycles. The van der Waals surface area contributed by atoms with Crippen molar-refractivity contribution in [3.05, 3.63) is 22.8 Å². The van der Waals surface area contributed by atoms with Crippen molar-refractivity contribution < 1.29 is 9.53 Å². The lowest BCUT2D eigenvalue weighted by molar-refractivity contribution is 0.0527. The third-order valence-electron chi connectivity index (χ3n) is 2.29. The Bertz CT molecular complexity index is 433. The number of pyridine rings is 1. The van der Waals surface area contributed by atoms with Gasteiger partial charge in [-0.2, -0.15) is 0 Å². The number of rotatable bonds is 6. The fourth-order valence-corrected chi connectivity index (χ4v) is 1.82. The molecule has 0 radical (unpaired) electrons. The molecule has 1 rings (SSSR count). The van der Waals surface area contributed by atoms with E-state index in [-0.39, 0.29) is 6.09 Å². The van der Waals surface area contributed by atoms with E-state index in [9.17, 15) is 4.79 Å². The van der Waals surface area contributed by atoms with Crippen LogP contribution in [0.25, 0.3) is 0 Å². The summed E-state index contributed by atoms with van der Waals surface area (Å²) in [7, 11) is 0. The molecule has 0 fully saturated rings. The molecule has 112 valence electrons. The van der Waals surface area contributed by atoms with Gasteiger partial charge in [-0.3, -0.25) is 0 Å². The average molecular weight is 344 g/mol. The molecule has 0 saturated heterocycles. The van der Waals surface area contributed by atoms with Crippen LogP contribution in [0.15, 0.2) is 22.8 Å². The maximum absolute atomic E-state index is 11.4. The van der Waals surface area contributed by atoms with Gasteiger partial charge in [-0.15, -0.1) is 0 Å². The van der Waals surface area contributed by atoms with Crippen LogP contribution in [0.3, 0.4) is 0 Å². The summed E-state index contributed by atoms with van der Waals surface area (Å²) in [6.45, 7) is 6.98. The van der Waals surface area contributed by atoms with Crippen molar-refractivity contribution in [2.75, 3.05) is 18.4 Å². The topological polar surface area (TPSA) is 63.2 Å². The third-order valence-corrected chi connectivity index (χ3v) is 2.73. The van der Waals surface area contributed by atoms with Crippen molar-refractivity contribution in [1.29, 1.82) is 0 Å². The predicted octanol–water partition coefficient (Wildman–Crippen LogP) is 3.56. The highest BCUT2D eigenvalue weighted by atomic mass is 79.9. The molecule has 20 heavy (non-hydrogen) atoms. The van der Waals surface area contributed by atoms with Crippen LogP contribution >= 0.6 is 15.9 Å². The molecule has 1 aromatic heterocycles. The Morgan fingerprint density at radius 2 is 2.00 bits per heavy atom. The first-order valence-electron chi connectivity index (χ1n) is 6.70. The van der Waals surface area contributed by atoms with Crippen molar-refractivity contribution >= 4 is 27.8 Å². The van der Waals surface area contributed by atoms with Crippen LogP contribution in [0, 0.1) is 0 Å². The minimum Gasteiger partial charge on any atom is -0.444 e. The average Bonchev–Trinajstić information content (AvgIpc) is 2.31. The minimum absolute atomic E-state index is 0.362. The SMILES string of the molecule is CC(C)(C)OC(=O)NCCCCNc1cccc(Br)n1. The summed E-state index contributed by atoms with van der Waals surface area (Å²) in [4.78, 5) is 15.7. The summed E-state index contributed by atoms with van der Waals surface area (Å²) in [5.74, 6) is 0.847. The molecular weight excluding hydrogens is 322 g/mol. The van der Waals surface area contributed by atoms with Crippen LogP contribution in [0.4, 0.5) is 10.6 Å². The van der Waals surface area contributed by atoms with Gasteiger partial charge < -0.3 is 15.4 Å². The molecule has 2 N–H and O–H groups in total. The van der Waals surface area contributed by atoms with Gasteiger partial charge in [0.1, 0.15) is 16.0 Å². The number of hydrogen-bond donors (Lipinski definition) is 2. The van der Waals surface area contributed by atoms with Gasteiger partial charge in [-0.25, -0.2) is 9.78 Å². The molecule has 6 heteroatoms. The molecule has 1 heterocycles. The molecule has 1 aromatic rings. The van der Waals surface area contributed by atoms with Gasteiger partial charge >= 0.3 is 6.09 Å². The Balaban J connectivity index is 2.07. The summed E-state index contributed by atoms with van der Waals surface area (Å²) in [5.41, 5.74) is -0.446. The summed E-state index contributed by atoms with van der Waals surface area (Å²) in [5, 5.41) is 5.96. The first-order chi connectivity index (χ1) is 9.37. The molecule has 0 unspecified atom stereocenters. The van der Waals surface area contributed by atoms with Crippen molar-refractivity contribution in [3.8, 4) is 0 Å². The summed E-state index contributed by atoms with van der Waals surface area (Å²) >= 11 is 3.32. The van der Waals surface area contributed by atoms with E-state index < -0.39 is 5.60 Å². The largest absolute Gasteiger partial charge is 0.444 e. The maximum atomic E-state index is 11.4. The minimum atomic E-state index is -0.446. The van der Waals surface area contributed by atoms with Crippen LogP contribution in [0.1, 0.15) is 33.6 Å². The number of aromatic nitrogens is 1. The van der Waals surface area contributed by atoms with Crippen LogP contribution in [0.2, 0.25) is 0 Å². The quantitative estimate of drug-likeness (QED) is 0.612. The second kappa shape index (κ2) is 8.09. The van der Waals surface area contributed by atoms with Gasteiger partial charge in [0.2, 0.25) is 0 Å². The number of nitrogens with one attached hydrogen (secondary N) is 2. The zero-order chi connectivity index (χ0) is 15.0. The zero-order valence-electron chi connectivity index (χ0n) is 12.2. The van der Waals surface area contributed by atoms with E-state index in [2.05, 4.69) is 31.5 Å². The molecule has 0 aliphatic carbocycles. The fraction of sp³-hybridized carbons (Fsp3) is 0.571. The molecule has 0 aliphatic rings. The van der Waals surface area contributed by atoms with Crippen molar-refractivity contribution in [2.24, 2.45) is 0 Å². The van der Waals surface area contributed by atoms with E-state index in [4.69, 9.17) is 4.74 Å². The van der Waals surface area contributed by atoms with Gasteiger partial charge in [-0.05, 0) is 61.7 Å². The number of amides is 1. The van der Waals surface area contributed by atoms with Crippen LogP contribution in [0.5, 0.6) is 0 Å². The lowest BCUT2D eigenvalue weighted by Gasteiger charge is -2.19. The number of carbonyl (C=O) groups is 1. The Morgan fingerprint density at radius 1 is 1.30 bits per heavy atom. The second-order valence-electron chi connectivity index (χ2n) is 5.41. The van der Waals surface area contributed by atoms with Gasteiger partial charge in [0.05, 0.1) is 0 Å². The lowest BCUT2D eigenvalue weighted by atomic mass is 10.2. The van der Waals surface area contributed by atoms with E-state index in [1.54, 1.807) is 0 Å². The Hall–Kier alpha value is -1.30. The Kier molecular flexibility index (Phi) is 6.78. The van der Waals surface area contributed by atoms with Crippen molar-refractivity contribution in [2.45, 2.75) is 39.2 Å². The summed E-state index contributed by atoms with van der Waals surface area (Å²) < 4.78 is 5.96. The number of nitrogens with zero attached hydrogens (tertiary/aromatic N) is 1. The standard InChI is InChI=1S/C14H22BrN3O2/c1-14(2,3)20-13(19)17-10-5-4-9-16-12-8-6-7-11(15)18-12/h6-8H,4-5,9-10H2,1-3H3,(H,16,18)(H,17,19). The Morgan fingerprint density at radius 3 is 2.65 bits per heavy atom. The van der Waals surface area contributed by atoms with Gasteiger partial charge in [0.25, 0.3) is 0 Å². The van der Waals surface area contributed by atoms with Crippen molar-refractivity contribution in [1.82, 2.24) is 10.3 Å². The summed E-state index contributed by atoms with van der Waals surface area (Å²) in [6, 6.07) is 5.74. The van der Waals surface area contributed by atoms with Crippen molar-refractivity contribution in [3.63, 3.8) is 0 Å². The van der Waals surface area contributed by atoms with E-state index in [0.717, 1.165) is 29.8 Å². The number of hydrogen-bond acceptors (Lipinski definition) is 4. The van der Waals surface area contributed by atoms with E-state index >= 15 is 0 Å². The molecule has 1 amide bonds. The maximum Gasteiger partial charge on any atom is 0.407 e. The number of alkyl carbamates (subject to hydrolysis) is 1. The van der Waals surface area contributed by atoms with Crippen LogP contribution in [-0.4, -0.2) is 29.8 Å². The molecule has 0 atom stereocenters. The highest BCUT2D eigenvalue weighted by Crippen LogP contribution is 2.10. The number of anilines is 1. The van der Waals surface area contributed by atoms with Gasteiger partial charge in [0.15, 0.2) is 0 Å². The lowest BCUT2D eigenvalue weighted by Crippen LogP contribution is -2.33. The first kappa shape index (κ1) is 16.8. The van der Waals surface area contributed by atoms with E-state index in [1.807, 2.05) is 39.0 Å². The van der Waals surface area contributed by atoms with Crippen LogP contribution < -0.4 is 10.6 Å². The highest BCUT2D eigenvalue weighted by molar-refractivity contribution is 9.10. The smallest absolute Gasteiger partial charge is 0.407 e. The number of halogens is 1. The zero-order valence-corrected chi connectivity index (χ0v) is 13.8. The third kappa shape index (κ3) is 7.99. The first-order valence-corrected chi connectivity index (χ1v) is 7.49.